The van der Waals surface area contributed by atoms with Crippen LogP contribution in [-0.2, 0) is 6.54 Å². The zero-order valence-corrected chi connectivity index (χ0v) is 11.4. The van der Waals surface area contributed by atoms with Crippen LogP contribution in [0.1, 0.15) is 29.3 Å². The van der Waals surface area contributed by atoms with Crippen molar-refractivity contribution in [1.82, 2.24) is 9.78 Å². The summed E-state index contributed by atoms with van der Waals surface area (Å²) in [5.74, 6) is -0.162. The van der Waals surface area contributed by atoms with Crippen LogP contribution >= 0.6 is 23.2 Å². The standard InChI is InChI=1S/C13H12Cl2N2O/c1-2-6-17-8-9(7-16-17)13(18)10-4-3-5-11(14)12(10)15/h3-5,7-8H,2,6H2,1H3. The molecule has 94 valence electrons. The number of aromatic nitrogens is 2. The Morgan fingerprint density at radius 1 is 1.39 bits per heavy atom. The zero-order chi connectivity index (χ0) is 13.1. The molecule has 1 aromatic heterocycles. The maximum atomic E-state index is 12.2. The second-order valence-electron chi connectivity index (χ2n) is 3.92. The van der Waals surface area contributed by atoms with Gasteiger partial charge >= 0.3 is 0 Å². The Hall–Kier alpha value is -1.32. The maximum absolute atomic E-state index is 12.2. The fourth-order valence-corrected chi connectivity index (χ4v) is 2.05. The lowest BCUT2D eigenvalue weighted by Gasteiger charge is -2.02. The summed E-state index contributed by atoms with van der Waals surface area (Å²) in [6.07, 6.45) is 4.24. The third-order valence-electron chi connectivity index (χ3n) is 2.54. The van der Waals surface area contributed by atoms with Gasteiger partial charge in [0.15, 0.2) is 5.78 Å². The van der Waals surface area contributed by atoms with Crippen molar-refractivity contribution >= 4 is 29.0 Å². The van der Waals surface area contributed by atoms with Crippen LogP contribution in [0.15, 0.2) is 30.6 Å². The molecule has 3 nitrogen and oxygen atoms in total. The molecule has 1 aromatic carbocycles. The molecule has 0 N–H and O–H groups in total. The first-order valence-electron chi connectivity index (χ1n) is 5.64. The van der Waals surface area contributed by atoms with Gasteiger partial charge in [-0.25, -0.2) is 0 Å². The Kier molecular flexibility index (Phi) is 4.04. The molecule has 2 rings (SSSR count). The van der Waals surface area contributed by atoms with Crippen LogP contribution in [0, 0.1) is 0 Å². The zero-order valence-electron chi connectivity index (χ0n) is 9.86. The summed E-state index contributed by atoms with van der Waals surface area (Å²) >= 11 is 11.9. The molecule has 0 atom stereocenters. The number of ketones is 1. The molecule has 2 aromatic rings. The number of carbonyl (C=O) groups excluding carboxylic acids is 1. The number of hydrogen-bond donors (Lipinski definition) is 0. The summed E-state index contributed by atoms with van der Waals surface area (Å²) in [6.45, 7) is 2.84. The molecule has 0 aliphatic heterocycles. The lowest BCUT2D eigenvalue weighted by Crippen LogP contribution is -2.01. The average molecular weight is 283 g/mol. The van der Waals surface area contributed by atoms with Gasteiger partial charge in [-0.15, -0.1) is 0 Å². The van der Waals surface area contributed by atoms with E-state index in [-0.39, 0.29) is 10.8 Å². The van der Waals surface area contributed by atoms with E-state index in [0.29, 0.717) is 16.1 Å². The number of rotatable bonds is 4. The molecule has 5 heteroatoms. The normalized spacial score (nSPS) is 10.6. The topological polar surface area (TPSA) is 34.9 Å². The summed E-state index contributed by atoms with van der Waals surface area (Å²) < 4.78 is 1.74. The fourth-order valence-electron chi connectivity index (χ4n) is 1.67. The van der Waals surface area contributed by atoms with Crippen LogP contribution in [-0.4, -0.2) is 15.6 Å². The third-order valence-corrected chi connectivity index (χ3v) is 3.36. The van der Waals surface area contributed by atoms with Crippen molar-refractivity contribution in [3.63, 3.8) is 0 Å². The molecular weight excluding hydrogens is 271 g/mol. The van der Waals surface area contributed by atoms with Gasteiger partial charge in [-0.05, 0) is 18.6 Å². The summed E-state index contributed by atoms with van der Waals surface area (Å²) in [5.41, 5.74) is 0.924. The molecule has 0 unspecified atom stereocenters. The first-order chi connectivity index (χ1) is 8.63. The first kappa shape index (κ1) is 13.1. The molecule has 0 radical (unpaired) electrons. The van der Waals surface area contributed by atoms with Crippen LogP contribution in [0.3, 0.4) is 0 Å². The second-order valence-corrected chi connectivity index (χ2v) is 4.71. The van der Waals surface area contributed by atoms with Gasteiger partial charge in [0.1, 0.15) is 0 Å². The smallest absolute Gasteiger partial charge is 0.197 e. The van der Waals surface area contributed by atoms with Gasteiger partial charge in [0, 0.05) is 18.3 Å². The number of hydrogen-bond acceptors (Lipinski definition) is 2. The number of carbonyl (C=O) groups is 1. The summed E-state index contributed by atoms with van der Waals surface area (Å²) in [6, 6.07) is 5.02. The Balaban J connectivity index is 2.32. The van der Waals surface area contributed by atoms with E-state index in [2.05, 4.69) is 12.0 Å². The van der Waals surface area contributed by atoms with Gasteiger partial charge in [0.25, 0.3) is 0 Å². The summed E-state index contributed by atoms with van der Waals surface area (Å²) in [5, 5.41) is 4.79. The van der Waals surface area contributed by atoms with Crippen LogP contribution < -0.4 is 0 Å². The predicted molar refractivity (Wildman–Crippen MR) is 72.4 cm³/mol. The van der Waals surface area contributed by atoms with E-state index in [1.54, 1.807) is 35.3 Å². The highest BCUT2D eigenvalue weighted by molar-refractivity contribution is 6.44. The van der Waals surface area contributed by atoms with Crippen molar-refractivity contribution in [3.05, 3.63) is 51.8 Å². The highest BCUT2D eigenvalue weighted by Gasteiger charge is 2.16. The molecule has 1 heterocycles. The molecule has 0 saturated carbocycles. The van der Waals surface area contributed by atoms with Crippen LogP contribution in [0.2, 0.25) is 10.0 Å². The van der Waals surface area contributed by atoms with Crippen LogP contribution in [0.5, 0.6) is 0 Å². The van der Waals surface area contributed by atoms with Gasteiger partial charge in [-0.3, -0.25) is 9.48 Å². The molecule has 0 amide bonds. The molecule has 0 aliphatic rings. The van der Waals surface area contributed by atoms with Crippen molar-refractivity contribution in [1.29, 1.82) is 0 Å². The quantitative estimate of drug-likeness (QED) is 0.799. The average Bonchev–Trinajstić information content (AvgIpc) is 2.81. The lowest BCUT2D eigenvalue weighted by atomic mass is 10.1. The van der Waals surface area contributed by atoms with Crippen LogP contribution in [0.4, 0.5) is 0 Å². The van der Waals surface area contributed by atoms with Crippen molar-refractivity contribution in [2.45, 2.75) is 19.9 Å². The monoisotopic (exact) mass is 282 g/mol. The minimum atomic E-state index is -0.162. The minimum absolute atomic E-state index is 0.162. The highest BCUT2D eigenvalue weighted by Crippen LogP contribution is 2.27. The largest absolute Gasteiger partial charge is 0.288 e. The molecule has 0 aliphatic carbocycles. The Morgan fingerprint density at radius 2 is 2.17 bits per heavy atom. The van der Waals surface area contributed by atoms with E-state index >= 15 is 0 Å². The fraction of sp³-hybridized carbons (Fsp3) is 0.231. The van der Waals surface area contributed by atoms with E-state index < -0.39 is 0 Å². The molecular formula is C13H12Cl2N2O. The molecule has 0 saturated heterocycles. The van der Waals surface area contributed by atoms with E-state index in [9.17, 15) is 4.79 Å². The number of halogens is 2. The summed E-state index contributed by atoms with van der Waals surface area (Å²) in [4.78, 5) is 12.2. The van der Waals surface area contributed by atoms with Crippen molar-refractivity contribution < 1.29 is 4.79 Å². The SMILES string of the molecule is CCCn1cc(C(=O)c2cccc(Cl)c2Cl)cn1. The number of benzene rings is 1. The molecule has 0 spiro atoms. The molecule has 0 fully saturated rings. The Labute approximate surface area is 115 Å². The number of aryl methyl sites for hydroxylation is 1. The molecule has 0 bridgehead atoms. The van der Waals surface area contributed by atoms with Crippen LogP contribution in [0.25, 0.3) is 0 Å². The predicted octanol–water partition coefficient (Wildman–Crippen LogP) is 3.83. The molecule has 18 heavy (non-hydrogen) atoms. The van der Waals surface area contributed by atoms with Gasteiger partial charge < -0.3 is 0 Å². The van der Waals surface area contributed by atoms with Gasteiger partial charge in [0.2, 0.25) is 0 Å². The van der Waals surface area contributed by atoms with E-state index in [0.717, 1.165) is 13.0 Å². The van der Waals surface area contributed by atoms with Gasteiger partial charge in [-0.2, -0.15) is 5.10 Å². The van der Waals surface area contributed by atoms with E-state index in [1.165, 1.54) is 0 Å². The summed E-state index contributed by atoms with van der Waals surface area (Å²) in [7, 11) is 0. The second kappa shape index (κ2) is 5.55. The van der Waals surface area contributed by atoms with E-state index in [1.807, 2.05) is 0 Å². The van der Waals surface area contributed by atoms with Gasteiger partial charge in [-0.1, -0.05) is 36.2 Å². The van der Waals surface area contributed by atoms with Crippen molar-refractivity contribution in [2.24, 2.45) is 0 Å². The third kappa shape index (κ3) is 2.57. The Morgan fingerprint density at radius 3 is 2.89 bits per heavy atom. The maximum Gasteiger partial charge on any atom is 0.197 e. The first-order valence-corrected chi connectivity index (χ1v) is 6.40. The van der Waals surface area contributed by atoms with E-state index in [4.69, 9.17) is 23.2 Å². The minimum Gasteiger partial charge on any atom is -0.288 e. The van der Waals surface area contributed by atoms with Gasteiger partial charge in [0.05, 0.1) is 21.8 Å². The Bertz CT molecular complexity index is 578. The van der Waals surface area contributed by atoms with Crippen molar-refractivity contribution in [2.75, 3.05) is 0 Å². The van der Waals surface area contributed by atoms with Crippen molar-refractivity contribution in [3.8, 4) is 0 Å². The number of nitrogens with zero attached hydrogens (tertiary/aromatic N) is 2. The lowest BCUT2D eigenvalue weighted by molar-refractivity contribution is 0.103. The highest BCUT2D eigenvalue weighted by atomic mass is 35.5.